The van der Waals surface area contributed by atoms with Crippen LogP contribution in [-0.4, -0.2) is 65.5 Å². The number of fused-ring (bicyclic) bond motifs is 1. The van der Waals surface area contributed by atoms with Crippen LogP contribution in [0.15, 0.2) is 30.6 Å². The number of hydrogen-bond donors (Lipinski definition) is 1. The summed E-state index contributed by atoms with van der Waals surface area (Å²) in [5.41, 5.74) is 0. The van der Waals surface area contributed by atoms with Crippen LogP contribution >= 0.6 is 0 Å². The van der Waals surface area contributed by atoms with E-state index in [-0.39, 0.29) is 6.10 Å². The van der Waals surface area contributed by atoms with Crippen molar-refractivity contribution in [2.75, 3.05) is 44.2 Å². The van der Waals surface area contributed by atoms with E-state index in [2.05, 4.69) is 25.0 Å². The Hall–Kier alpha value is -2.28. The number of H-pyrrole nitrogens is 1. The highest BCUT2D eigenvalue weighted by atomic mass is 16.6. The molecular formula is C15H19N5O2. The lowest BCUT2D eigenvalue weighted by Crippen LogP contribution is -2.51. The van der Waals surface area contributed by atoms with Gasteiger partial charge >= 0.3 is 0 Å². The molecule has 0 aliphatic carbocycles. The van der Waals surface area contributed by atoms with Crippen molar-refractivity contribution >= 4 is 5.95 Å². The van der Waals surface area contributed by atoms with Crippen molar-refractivity contribution in [1.82, 2.24) is 20.1 Å². The number of nitrogens with one attached hydrogen (secondary N) is 1. The smallest absolute Gasteiger partial charge is 0.221 e. The van der Waals surface area contributed by atoms with Crippen LogP contribution in [-0.2, 0) is 0 Å². The van der Waals surface area contributed by atoms with Gasteiger partial charge in [0.1, 0.15) is 19.0 Å². The van der Waals surface area contributed by atoms with Crippen LogP contribution in [0.1, 0.15) is 0 Å². The lowest BCUT2D eigenvalue weighted by Gasteiger charge is -2.37. The highest BCUT2D eigenvalue weighted by Gasteiger charge is 2.25. The molecule has 2 aliphatic rings. The van der Waals surface area contributed by atoms with E-state index in [1.165, 1.54) is 0 Å². The summed E-state index contributed by atoms with van der Waals surface area (Å²) in [6.07, 6.45) is 1.64. The van der Waals surface area contributed by atoms with Crippen molar-refractivity contribution < 1.29 is 9.47 Å². The Morgan fingerprint density at radius 3 is 2.73 bits per heavy atom. The minimum Gasteiger partial charge on any atom is -0.486 e. The number of aromatic nitrogens is 3. The average Bonchev–Trinajstić information content (AvgIpc) is 3.10. The maximum absolute atomic E-state index is 6.02. The quantitative estimate of drug-likeness (QED) is 0.903. The van der Waals surface area contributed by atoms with Gasteiger partial charge in [-0.3, -0.25) is 4.90 Å². The van der Waals surface area contributed by atoms with Crippen LogP contribution in [0.5, 0.6) is 11.5 Å². The highest BCUT2D eigenvalue weighted by molar-refractivity contribution is 5.40. The Balaban J connectivity index is 1.31. The van der Waals surface area contributed by atoms with Gasteiger partial charge in [0.15, 0.2) is 11.5 Å². The Morgan fingerprint density at radius 2 is 1.95 bits per heavy atom. The zero-order chi connectivity index (χ0) is 14.8. The van der Waals surface area contributed by atoms with Gasteiger partial charge in [0.2, 0.25) is 5.95 Å². The second-order valence-electron chi connectivity index (χ2n) is 5.59. The normalized spacial score (nSPS) is 21.8. The molecule has 0 spiro atoms. The average molecular weight is 301 g/mol. The summed E-state index contributed by atoms with van der Waals surface area (Å²) in [6, 6.07) is 7.84. The first kappa shape index (κ1) is 13.4. The minimum atomic E-state index is 0.0896. The molecule has 0 amide bonds. The Bertz CT molecular complexity index is 610. The number of anilines is 1. The Kier molecular flexibility index (Phi) is 3.56. The lowest BCUT2D eigenvalue weighted by molar-refractivity contribution is 0.0570. The summed E-state index contributed by atoms with van der Waals surface area (Å²) in [4.78, 5) is 8.83. The molecule has 1 fully saturated rings. The van der Waals surface area contributed by atoms with E-state index in [0.717, 1.165) is 50.2 Å². The Labute approximate surface area is 128 Å². The van der Waals surface area contributed by atoms with Crippen LogP contribution in [0.2, 0.25) is 0 Å². The third kappa shape index (κ3) is 2.71. The van der Waals surface area contributed by atoms with Crippen molar-refractivity contribution in [1.29, 1.82) is 0 Å². The summed E-state index contributed by atoms with van der Waals surface area (Å²) < 4.78 is 11.8. The van der Waals surface area contributed by atoms with Gasteiger partial charge in [0.25, 0.3) is 0 Å². The fraction of sp³-hybridized carbons (Fsp3) is 0.467. The van der Waals surface area contributed by atoms with Gasteiger partial charge in [-0.2, -0.15) is 10.1 Å². The van der Waals surface area contributed by atoms with E-state index in [1.807, 2.05) is 24.3 Å². The molecule has 0 bridgehead atoms. The molecule has 2 aromatic rings. The molecule has 1 saturated heterocycles. The van der Waals surface area contributed by atoms with Crippen LogP contribution < -0.4 is 14.4 Å². The number of hydrogen-bond acceptors (Lipinski definition) is 6. The molecule has 0 radical (unpaired) electrons. The van der Waals surface area contributed by atoms with Crippen molar-refractivity contribution in [2.45, 2.75) is 6.10 Å². The van der Waals surface area contributed by atoms with Crippen LogP contribution in [0.4, 0.5) is 5.95 Å². The monoisotopic (exact) mass is 301 g/mol. The molecule has 7 heteroatoms. The zero-order valence-electron chi connectivity index (χ0n) is 12.3. The van der Waals surface area contributed by atoms with E-state index in [4.69, 9.17) is 9.47 Å². The number of nitrogens with zero attached hydrogens (tertiary/aromatic N) is 4. The molecule has 7 nitrogen and oxygen atoms in total. The standard InChI is InChI=1S/C15H19N5O2/c1-2-4-14-13(3-1)21-10-12(22-14)9-19-5-7-20(8-6-19)15-16-11-17-18-15/h1-4,11-12H,5-10H2,(H,16,17,18)/t12-/m1/s1. The molecule has 116 valence electrons. The van der Waals surface area contributed by atoms with Gasteiger partial charge in [0.05, 0.1) is 0 Å². The van der Waals surface area contributed by atoms with Gasteiger partial charge in [0, 0.05) is 32.7 Å². The topological polar surface area (TPSA) is 66.5 Å². The van der Waals surface area contributed by atoms with Crippen molar-refractivity contribution in [3.8, 4) is 11.5 Å². The van der Waals surface area contributed by atoms with Gasteiger partial charge in [-0.1, -0.05) is 12.1 Å². The van der Waals surface area contributed by atoms with E-state index >= 15 is 0 Å². The van der Waals surface area contributed by atoms with Gasteiger partial charge in [-0.25, -0.2) is 5.10 Å². The number of piperazine rings is 1. The van der Waals surface area contributed by atoms with E-state index in [0.29, 0.717) is 6.61 Å². The molecule has 0 unspecified atom stereocenters. The first-order chi connectivity index (χ1) is 10.9. The number of aromatic amines is 1. The van der Waals surface area contributed by atoms with Crippen LogP contribution in [0, 0.1) is 0 Å². The molecule has 1 N–H and O–H groups in total. The molecule has 0 saturated carbocycles. The van der Waals surface area contributed by atoms with Gasteiger partial charge in [-0.15, -0.1) is 0 Å². The molecule has 22 heavy (non-hydrogen) atoms. The SMILES string of the molecule is c1ccc2c(c1)OC[C@@H](CN1CCN(c3ncn[nH]3)CC1)O2. The number of para-hydroxylation sites is 2. The molecule has 3 heterocycles. The summed E-state index contributed by atoms with van der Waals surface area (Å²) in [6.45, 7) is 5.36. The third-order valence-corrected chi connectivity index (χ3v) is 4.10. The lowest BCUT2D eigenvalue weighted by atomic mass is 10.2. The second-order valence-corrected chi connectivity index (χ2v) is 5.59. The summed E-state index contributed by atoms with van der Waals surface area (Å²) in [7, 11) is 0. The van der Waals surface area contributed by atoms with Crippen molar-refractivity contribution in [3.05, 3.63) is 30.6 Å². The molecule has 4 rings (SSSR count). The largest absolute Gasteiger partial charge is 0.486 e. The first-order valence-corrected chi connectivity index (χ1v) is 7.59. The first-order valence-electron chi connectivity index (χ1n) is 7.59. The molecule has 1 aromatic carbocycles. The van der Waals surface area contributed by atoms with Crippen LogP contribution in [0.3, 0.4) is 0 Å². The number of ether oxygens (including phenoxy) is 2. The number of benzene rings is 1. The van der Waals surface area contributed by atoms with E-state index in [9.17, 15) is 0 Å². The number of rotatable bonds is 3. The molecule has 2 aliphatic heterocycles. The predicted molar refractivity (Wildman–Crippen MR) is 81.4 cm³/mol. The summed E-state index contributed by atoms with van der Waals surface area (Å²) >= 11 is 0. The van der Waals surface area contributed by atoms with E-state index < -0.39 is 0 Å². The second kappa shape index (κ2) is 5.84. The van der Waals surface area contributed by atoms with E-state index in [1.54, 1.807) is 6.33 Å². The highest BCUT2D eigenvalue weighted by Crippen LogP contribution is 2.31. The molecule has 1 aromatic heterocycles. The van der Waals surface area contributed by atoms with Gasteiger partial charge < -0.3 is 14.4 Å². The maximum atomic E-state index is 6.02. The van der Waals surface area contributed by atoms with Crippen molar-refractivity contribution in [2.24, 2.45) is 0 Å². The fourth-order valence-corrected chi connectivity index (χ4v) is 2.93. The molecular weight excluding hydrogens is 282 g/mol. The zero-order valence-corrected chi connectivity index (χ0v) is 12.3. The van der Waals surface area contributed by atoms with Crippen molar-refractivity contribution in [3.63, 3.8) is 0 Å². The summed E-state index contributed by atoms with van der Waals surface area (Å²) in [5.74, 6) is 2.54. The van der Waals surface area contributed by atoms with Gasteiger partial charge in [-0.05, 0) is 12.1 Å². The fourth-order valence-electron chi connectivity index (χ4n) is 2.93. The minimum absolute atomic E-state index is 0.0896. The van der Waals surface area contributed by atoms with Crippen LogP contribution in [0.25, 0.3) is 0 Å². The summed E-state index contributed by atoms with van der Waals surface area (Å²) in [5, 5.41) is 6.82. The Morgan fingerprint density at radius 1 is 1.14 bits per heavy atom. The third-order valence-electron chi connectivity index (χ3n) is 4.10. The maximum Gasteiger partial charge on any atom is 0.221 e. The predicted octanol–water partition coefficient (Wildman–Crippen LogP) is 0.767. The molecule has 1 atom stereocenters.